The largest absolute Gasteiger partial charge is 0.459 e. The Morgan fingerprint density at radius 2 is 1.97 bits per heavy atom. The van der Waals surface area contributed by atoms with Gasteiger partial charge < -0.3 is 19.5 Å². The van der Waals surface area contributed by atoms with Gasteiger partial charge in [0.05, 0.1) is 16.8 Å². The fourth-order valence-corrected chi connectivity index (χ4v) is 4.27. The molecule has 32 heavy (non-hydrogen) atoms. The molecule has 1 aromatic heterocycles. The molecule has 2 heterocycles. The van der Waals surface area contributed by atoms with Gasteiger partial charge in [0.2, 0.25) is 5.91 Å². The van der Waals surface area contributed by atoms with Crippen LogP contribution in [-0.2, 0) is 4.79 Å². The molecule has 2 aromatic rings. The summed E-state index contributed by atoms with van der Waals surface area (Å²) in [7, 11) is 0. The Balaban J connectivity index is 1.71. The van der Waals surface area contributed by atoms with Crippen LogP contribution in [0.3, 0.4) is 0 Å². The number of hydrogen-bond donors (Lipinski definition) is 1. The molecule has 3 amide bonds. The van der Waals surface area contributed by atoms with Gasteiger partial charge >= 0.3 is 0 Å². The van der Waals surface area contributed by atoms with Crippen LogP contribution in [0.15, 0.2) is 41.0 Å². The van der Waals surface area contributed by atoms with Crippen molar-refractivity contribution in [3.8, 4) is 0 Å². The van der Waals surface area contributed by atoms with Gasteiger partial charge in [-0.2, -0.15) is 0 Å². The maximum atomic E-state index is 13.4. The lowest BCUT2D eigenvalue weighted by Gasteiger charge is -2.41. The predicted molar refractivity (Wildman–Crippen MR) is 123 cm³/mol. The summed E-state index contributed by atoms with van der Waals surface area (Å²) in [6.07, 6.45) is 2.17. The molecular formula is C23H27Cl2N3O4. The second kappa shape index (κ2) is 10.4. The average Bonchev–Trinajstić information content (AvgIpc) is 3.30. The van der Waals surface area contributed by atoms with E-state index in [2.05, 4.69) is 5.32 Å². The van der Waals surface area contributed by atoms with E-state index in [1.807, 2.05) is 20.8 Å². The molecule has 7 nitrogen and oxygen atoms in total. The van der Waals surface area contributed by atoms with Crippen molar-refractivity contribution in [3.05, 3.63) is 58.0 Å². The third-order valence-corrected chi connectivity index (χ3v) is 6.42. The number of halogens is 2. The van der Waals surface area contributed by atoms with Gasteiger partial charge in [-0.3, -0.25) is 14.4 Å². The molecule has 0 saturated carbocycles. The standard InChI is InChI=1S/C23H27Cl2N3O4/c1-4-14(2)20(26-21(29)17-8-7-16(24)12-18(17)25)23(31)27-9-10-28(15(3)13-27)22(30)19-6-5-11-32-19/h5-8,11-12,14-15,20H,4,9-10,13H2,1-3H3,(H,26,29). The summed E-state index contributed by atoms with van der Waals surface area (Å²) < 4.78 is 5.22. The molecule has 0 radical (unpaired) electrons. The molecule has 1 aliphatic heterocycles. The summed E-state index contributed by atoms with van der Waals surface area (Å²) in [5, 5.41) is 3.51. The first kappa shape index (κ1) is 24.1. The van der Waals surface area contributed by atoms with Crippen molar-refractivity contribution in [2.45, 2.75) is 39.3 Å². The molecule has 1 aliphatic rings. The highest BCUT2D eigenvalue weighted by Crippen LogP contribution is 2.22. The molecule has 172 valence electrons. The predicted octanol–water partition coefficient (Wildman–Crippen LogP) is 4.10. The SMILES string of the molecule is CCC(C)C(NC(=O)c1ccc(Cl)cc1Cl)C(=O)N1CCN(C(=O)c2ccco2)C(C)C1. The number of piperazine rings is 1. The van der Waals surface area contributed by atoms with E-state index in [1.165, 1.54) is 12.3 Å². The molecule has 1 aromatic carbocycles. The third-order valence-electron chi connectivity index (χ3n) is 5.87. The highest BCUT2D eigenvalue weighted by molar-refractivity contribution is 6.36. The molecular weight excluding hydrogens is 453 g/mol. The van der Waals surface area contributed by atoms with Gasteiger partial charge in [-0.1, -0.05) is 43.5 Å². The number of benzene rings is 1. The lowest BCUT2D eigenvalue weighted by molar-refractivity contribution is -0.137. The zero-order valence-electron chi connectivity index (χ0n) is 18.3. The number of nitrogens with one attached hydrogen (secondary N) is 1. The monoisotopic (exact) mass is 479 g/mol. The Labute approximate surface area is 197 Å². The Kier molecular flexibility index (Phi) is 7.85. The Morgan fingerprint density at radius 3 is 2.56 bits per heavy atom. The van der Waals surface area contributed by atoms with Gasteiger partial charge in [-0.25, -0.2) is 0 Å². The molecule has 3 atom stereocenters. The fraction of sp³-hybridized carbons (Fsp3) is 0.435. The van der Waals surface area contributed by atoms with Gasteiger partial charge in [-0.05, 0) is 43.2 Å². The summed E-state index contributed by atoms with van der Waals surface area (Å²) in [6.45, 7) is 6.92. The smallest absolute Gasteiger partial charge is 0.289 e. The van der Waals surface area contributed by atoms with Gasteiger partial charge in [0, 0.05) is 30.7 Å². The van der Waals surface area contributed by atoms with E-state index < -0.39 is 11.9 Å². The molecule has 1 saturated heterocycles. The van der Waals surface area contributed by atoms with Crippen molar-refractivity contribution in [2.75, 3.05) is 19.6 Å². The fourth-order valence-electron chi connectivity index (χ4n) is 3.77. The minimum atomic E-state index is -0.709. The maximum Gasteiger partial charge on any atom is 0.289 e. The van der Waals surface area contributed by atoms with E-state index in [0.717, 1.165) is 0 Å². The highest BCUT2D eigenvalue weighted by Gasteiger charge is 2.36. The van der Waals surface area contributed by atoms with E-state index in [4.69, 9.17) is 27.6 Å². The van der Waals surface area contributed by atoms with Crippen LogP contribution in [0.4, 0.5) is 0 Å². The summed E-state index contributed by atoms with van der Waals surface area (Å²) in [4.78, 5) is 42.3. The number of nitrogens with zero attached hydrogens (tertiary/aromatic N) is 2. The van der Waals surface area contributed by atoms with Crippen LogP contribution in [0.5, 0.6) is 0 Å². The van der Waals surface area contributed by atoms with Crippen molar-refractivity contribution < 1.29 is 18.8 Å². The van der Waals surface area contributed by atoms with Crippen LogP contribution in [0.25, 0.3) is 0 Å². The number of amides is 3. The molecule has 1 fully saturated rings. The maximum absolute atomic E-state index is 13.4. The van der Waals surface area contributed by atoms with Crippen molar-refractivity contribution in [1.29, 1.82) is 0 Å². The van der Waals surface area contributed by atoms with Crippen molar-refractivity contribution in [1.82, 2.24) is 15.1 Å². The average molecular weight is 480 g/mol. The summed E-state index contributed by atoms with van der Waals surface area (Å²) in [5.74, 6) is -0.602. The zero-order chi connectivity index (χ0) is 23.4. The second-order valence-electron chi connectivity index (χ2n) is 8.07. The molecule has 0 bridgehead atoms. The van der Waals surface area contributed by atoms with Crippen LogP contribution in [0.2, 0.25) is 10.0 Å². The van der Waals surface area contributed by atoms with Crippen LogP contribution in [-0.4, -0.2) is 59.2 Å². The number of carbonyl (C=O) groups excluding carboxylic acids is 3. The quantitative estimate of drug-likeness (QED) is 0.675. The Hall–Kier alpha value is -2.51. The van der Waals surface area contributed by atoms with Crippen molar-refractivity contribution >= 4 is 40.9 Å². The highest BCUT2D eigenvalue weighted by atomic mass is 35.5. The number of hydrogen-bond acceptors (Lipinski definition) is 4. The molecule has 0 spiro atoms. The molecule has 0 aliphatic carbocycles. The Bertz CT molecular complexity index is 980. The normalized spacial score (nSPS) is 18.2. The van der Waals surface area contributed by atoms with E-state index >= 15 is 0 Å². The zero-order valence-corrected chi connectivity index (χ0v) is 19.8. The minimum Gasteiger partial charge on any atom is -0.459 e. The molecule has 1 N–H and O–H groups in total. The lowest BCUT2D eigenvalue weighted by atomic mass is 9.96. The topological polar surface area (TPSA) is 82.9 Å². The van der Waals surface area contributed by atoms with E-state index in [-0.39, 0.29) is 40.1 Å². The number of carbonyl (C=O) groups is 3. The van der Waals surface area contributed by atoms with E-state index in [1.54, 1.807) is 34.1 Å². The lowest BCUT2D eigenvalue weighted by Crippen LogP contribution is -2.60. The summed E-state index contributed by atoms with van der Waals surface area (Å²) in [6, 6.07) is 7.02. The summed E-state index contributed by atoms with van der Waals surface area (Å²) >= 11 is 12.1. The summed E-state index contributed by atoms with van der Waals surface area (Å²) in [5.41, 5.74) is 0.263. The molecule has 3 rings (SSSR count). The first-order chi connectivity index (χ1) is 15.2. The number of rotatable bonds is 6. The van der Waals surface area contributed by atoms with Gasteiger partial charge in [-0.15, -0.1) is 0 Å². The number of furan rings is 1. The van der Waals surface area contributed by atoms with Crippen molar-refractivity contribution in [3.63, 3.8) is 0 Å². The van der Waals surface area contributed by atoms with Gasteiger partial charge in [0.1, 0.15) is 6.04 Å². The van der Waals surface area contributed by atoms with Crippen LogP contribution in [0.1, 0.15) is 48.1 Å². The minimum absolute atomic E-state index is 0.0874. The first-order valence-corrected chi connectivity index (χ1v) is 11.4. The third kappa shape index (κ3) is 5.27. The second-order valence-corrected chi connectivity index (χ2v) is 8.91. The molecule has 9 heteroatoms. The van der Waals surface area contributed by atoms with Gasteiger partial charge in [0.25, 0.3) is 11.8 Å². The Morgan fingerprint density at radius 1 is 1.22 bits per heavy atom. The first-order valence-electron chi connectivity index (χ1n) is 10.6. The van der Waals surface area contributed by atoms with Crippen LogP contribution < -0.4 is 5.32 Å². The van der Waals surface area contributed by atoms with Gasteiger partial charge in [0.15, 0.2) is 5.76 Å². The van der Waals surface area contributed by atoms with Crippen LogP contribution in [0, 0.1) is 5.92 Å². The van der Waals surface area contributed by atoms with E-state index in [9.17, 15) is 14.4 Å². The van der Waals surface area contributed by atoms with E-state index in [0.29, 0.717) is 31.1 Å². The van der Waals surface area contributed by atoms with Crippen LogP contribution >= 0.6 is 23.2 Å². The van der Waals surface area contributed by atoms with Crippen molar-refractivity contribution in [2.24, 2.45) is 5.92 Å². The molecule has 3 unspecified atom stereocenters.